The smallest absolute Gasteiger partial charge is 0.198 e. The molecule has 0 aliphatic rings. The van der Waals surface area contributed by atoms with Crippen molar-refractivity contribution in [2.24, 2.45) is 0 Å². The van der Waals surface area contributed by atoms with Gasteiger partial charge in [0.25, 0.3) is 0 Å². The normalized spacial score (nSPS) is 12.0. The summed E-state index contributed by atoms with van der Waals surface area (Å²) >= 11 is 0. The first-order valence-electron chi connectivity index (χ1n) is 6.37. The van der Waals surface area contributed by atoms with Crippen LogP contribution >= 0.6 is 0 Å². The number of nitrogens with zero attached hydrogens (tertiary/aromatic N) is 1. The Labute approximate surface area is 127 Å². The molecule has 0 N–H and O–H groups in total. The lowest BCUT2D eigenvalue weighted by molar-refractivity contribution is -0.138. The highest BCUT2D eigenvalue weighted by Gasteiger charge is 2.34. The van der Waals surface area contributed by atoms with E-state index < -0.39 is 23.5 Å². The summed E-state index contributed by atoms with van der Waals surface area (Å²) in [6.07, 6.45) is -9.41. The molecular weight excluding hydrogens is 320 g/mol. The van der Waals surface area contributed by atoms with E-state index in [4.69, 9.17) is 5.26 Å². The van der Waals surface area contributed by atoms with E-state index in [1.54, 1.807) is 6.07 Å². The fourth-order valence-electron chi connectivity index (χ4n) is 2.12. The Morgan fingerprint density at radius 3 is 1.91 bits per heavy atom. The first-order chi connectivity index (χ1) is 10.6. The monoisotopic (exact) mass is 329 g/mol. The van der Waals surface area contributed by atoms with E-state index in [1.165, 1.54) is 6.07 Å². The van der Waals surface area contributed by atoms with Gasteiger partial charge < -0.3 is 0 Å². The summed E-state index contributed by atoms with van der Waals surface area (Å²) in [7, 11) is 0. The van der Waals surface area contributed by atoms with Gasteiger partial charge in [0.1, 0.15) is 0 Å². The number of alkyl halides is 6. The summed E-state index contributed by atoms with van der Waals surface area (Å²) in [6.45, 7) is 0. The van der Waals surface area contributed by atoms with Gasteiger partial charge in [0.15, 0.2) is 0 Å². The second kappa shape index (κ2) is 5.95. The number of hydrogen-bond acceptors (Lipinski definition) is 1. The Hall–Kier alpha value is -2.49. The van der Waals surface area contributed by atoms with E-state index in [2.05, 4.69) is 0 Å². The third kappa shape index (κ3) is 3.83. The number of hydrogen-bond donors (Lipinski definition) is 0. The van der Waals surface area contributed by atoms with Crippen LogP contribution in [0, 0.1) is 11.3 Å². The molecule has 0 radical (unpaired) electrons. The van der Waals surface area contributed by atoms with Crippen LogP contribution in [0.1, 0.15) is 16.7 Å². The Kier molecular flexibility index (Phi) is 4.37. The van der Waals surface area contributed by atoms with Gasteiger partial charge in [0, 0.05) is 0 Å². The molecule has 2 aromatic carbocycles. The summed E-state index contributed by atoms with van der Waals surface area (Å²) in [5.74, 6) is 0. The van der Waals surface area contributed by atoms with E-state index in [9.17, 15) is 26.3 Å². The Balaban J connectivity index is 2.53. The maximum Gasteiger partial charge on any atom is 0.417 e. The van der Waals surface area contributed by atoms with E-state index in [1.807, 2.05) is 0 Å². The fraction of sp³-hybridized carbons (Fsp3) is 0.188. The standard InChI is InChI=1S/C16H9F6N/c17-15(18,19)12-4-2-11(3-5-12)13-6-1-10(7-8-23)9-14(13)16(20,21)22/h1-6,9H,7H2. The number of halogens is 6. The molecule has 0 saturated heterocycles. The molecule has 120 valence electrons. The van der Waals surface area contributed by atoms with Crippen molar-refractivity contribution in [2.75, 3.05) is 0 Å². The van der Waals surface area contributed by atoms with Gasteiger partial charge in [-0.05, 0) is 34.9 Å². The molecule has 2 rings (SSSR count). The molecule has 7 heteroatoms. The van der Waals surface area contributed by atoms with Crippen molar-refractivity contribution in [3.05, 3.63) is 59.2 Å². The average molecular weight is 329 g/mol. The zero-order chi connectivity index (χ0) is 17.3. The maximum atomic E-state index is 13.2. The van der Waals surface area contributed by atoms with Crippen molar-refractivity contribution in [3.63, 3.8) is 0 Å². The lowest BCUT2D eigenvalue weighted by atomic mass is 9.95. The topological polar surface area (TPSA) is 23.8 Å². The lowest BCUT2D eigenvalue weighted by Crippen LogP contribution is -2.08. The van der Waals surface area contributed by atoms with E-state index in [-0.39, 0.29) is 23.1 Å². The summed E-state index contributed by atoms with van der Waals surface area (Å²) in [5, 5.41) is 8.57. The zero-order valence-electron chi connectivity index (χ0n) is 11.5. The van der Waals surface area contributed by atoms with Crippen LogP contribution in [0.2, 0.25) is 0 Å². The Morgan fingerprint density at radius 1 is 0.826 bits per heavy atom. The highest BCUT2D eigenvalue weighted by Crippen LogP contribution is 2.38. The molecule has 2 aromatic rings. The minimum Gasteiger partial charge on any atom is -0.198 e. The van der Waals surface area contributed by atoms with Gasteiger partial charge in [-0.15, -0.1) is 0 Å². The Bertz CT molecular complexity index is 735. The summed E-state index contributed by atoms with van der Waals surface area (Å²) in [6, 6.07) is 8.58. The second-order valence-corrected chi connectivity index (χ2v) is 4.79. The zero-order valence-corrected chi connectivity index (χ0v) is 11.5. The molecular formula is C16H9F6N. The van der Waals surface area contributed by atoms with Crippen molar-refractivity contribution >= 4 is 0 Å². The lowest BCUT2D eigenvalue weighted by Gasteiger charge is -2.15. The van der Waals surface area contributed by atoms with Crippen LogP contribution in [0.15, 0.2) is 42.5 Å². The van der Waals surface area contributed by atoms with Crippen LogP contribution in [0.4, 0.5) is 26.3 Å². The molecule has 0 unspecified atom stereocenters. The second-order valence-electron chi connectivity index (χ2n) is 4.79. The van der Waals surface area contributed by atoms with Gasteiger partial charge in [0.2, 0.25) is 0 Å². The Morgan fingerprint density at radius 2 is 1.43 bits per heavy atom. The molecule has 0 saturated carbocycles. The van der Waals surface area contributed by atoms with Crippen molar-refractivity contribution in [2.45, 2.75) is 18.8 Å². The first-order valence-corrected chi connectivity index (χ1v) is 6.37. The fourth-order valence-corrected chi connectivity index (χ4v) is 2.12. The van der Waals surface area contributed by atoms with Crippen molar-refractivity contribution in [1.82, 2.24) is 0 Å². The third-order valence-corrected chi connectivity index (χ3v) is 3.20. The van der Waals surface area contributed by atoms with Crippen LogP contribution in [-0.4, -0.2) is 0 Å². The summed E-state index contributed by atoms with van der Waals surface area (Å²) in [5.41, 5.74) is -1.93. The van der Waals surface area contributed by atoms with Crippen LogP contribution < -0.4 is 0 Å². The van der Waals surface area contributed by atoms with Crippen LogP contribution in [-0.2, 0) is 18.8 Å². The maximum absolute atomic E-state index is 13.2. The van der Waals surface area contributed by atoms with Crippen LogP contribution in [0.25, 0.3) is 11.1 Å². The number of nitriles is 1. The van der Waals surface area contributed by atoms with Gasteiger partial charge in [-0.25, -0.2) is 0 Å². The van der Waals surface area contributed by atoms with E-state index >= 15 is 0 Å². The highest BCUT2D eigenvalue weighted by atomic mass is 19.4. The van der Waals surface area contributed by atoms with E-state index in [0.29, 0.717) is 0 Å². The molecule has 0 aliphatic carbocycles. The molecule has 1 nitrogen and oxygen atoms in total. The molecule has 0 fully saturated rings. The SMILES string of the molecule is N#CCc1ccc(-c2ccc(C(F)(F)F)cc2)c(C(F)(F)F)c1. The van der Waals surface area contributed by atoms with Crippen molar-refractivity contribution in [1.29, 1.82) is 5.26 Å². The molecule has 0 amide bonds. The average Bonchev–Trinajstić information content (AvgIpc) is 2.46. The molecule has 0 atom stereocenters. The molecule has 0 aliphatic heterocycles. The quantitative estimate of drug-likeness (QED) is 0.671. The third-order valence-electron chi connectivity index (χ3n) is 3.20. The molecule has 0 spiro atoms. The highest BCUT2D eigenvalue weighted by molar-refractivity contribution is 5.69. The number of benzene rings is 2. The first kappa shape index (κ1) is 16.9. The van der Waals surface area contributed by atoms with Gasteiger partial charge in [-0.2, -0.15) is 31.6 Å². The van der Waals surface area contributed by atoms with Gasteiger partial charge >= 0.3 is 12.4 Å². The summed E-state index contributed by atoms with van der Waals surface area (Å²) < 4.78 is 77.0. The largest absolute Gasteiger partial charge is 0.417 e. The molecule has 0 bridgehead atoms. The number of rotatable bonds is 2. The van der Waals surface area contributed by atoms with Crippen LogP contribution in [0.5, 0.6) is 0 Å². The molecule has 23 heavy (non-hydrogen) atoms. The predicted molar refractivity (Wildman–Crippen MR) is 71.2 cm³/mol. The van der Waals surface area contributed by atoms with Gasteiger partial charge in [-0.1, -0.05) is 24.3 Å². The van der Waals surface area contributed by atoms with Gasteiger partial charge in [0.05, 0.1) is 23.6 Å². The predicted octanol–water partition coefficient (Wildman–Crippen LogP) is 5.46. The molecule has 0 heterocycles. The van der Waals surface area contributed by atoms with Crippen molar-refractivity contribution in [3.8, 4) is 17.2 Å². The van der Waals surface area contributed by atoms with Gasteiger partial charge in [-0.3, -0.25) is 0 Å². The minimum atomic E-state index is -4.68. The van der Waals surface area contributed by atoms with Crippen molar-refractivity contribution < 1.29 is 26.3 Å². The summed E-state index contributed by atoms with van der Waals surface area (Å²) in [4.78, 5) is 0. The molecule has 0 aromatic heterocycles. The van der Waals surface area contributed by atoms with E-state index in [0.717, 1.165) is 36.4 Å². The van der Waals surface area contributed by atoms with Crippen LogP contribution in [0.3, 0.4) is 0 Å². The minimum absolute atomic E-state index is 0.0221.